The average molecular weight is 501 g/mol. The predicted octanol–water partition coefficient (Wildman–Crippen LogP) is 4.67. The number of hydrogen-bond donors (Lipinski definition) is 0. The molecule has 0 saturated carbocycles. The zero-order valence-electron chi connectivity index (χ0n) is 18.5. The summed E-state index contributed by atoms with van der Waals surface area (Å²) in [4.78, 5) is 58.4. The molecule has 0 aromatic heterocycles. The number of nitrogens with zero attached hydrogens (tertiary/aromatic N) is 3. The van der Waals surface area contributed by atoms with Crippen molar-refractivity contribution < 1.29 is 33.7 Å². The first-order valence-corrected chi connectivity index (χ1v) is 11.1. The smallest absolute Gasteiger partial charge is 0.326 e. The van der Waals surface area contributed by atoms with E-state index in [1.807, 2.05) is 6.92 Å². The van der Waals surface area contributed by atoms with E-state index >= 15 is 0 Å². The molecule has 12 nitrogen and oxygen atoms in total. The summed E-state index contributed by atoms with van der Waals surface area (Å²) in [6, 6.07) is 9.13. The molecular weight excluding hydrogens is 482 g/mol. The Morgan fingerprint density at radius 1 is 1.14 bits per heavy atom. The largest absolute Gasteiger partial charge is 0.461 e. The van der Waals surface area contributed by atoms with Gasteiger partial charge in [-0.3, -0.25) is 39.5 Å². The van der Waals surface area contributed by atoms with Gasteiger partial charge in [0.1, 0.15) is 12.3 Å². The van der Waals surface area contributed by atoms with Crippen molar-refractivity contribution in [3.8, 4) is 11.5 Å². The maximum atomic E-state index is 12.6. The van der Waals surface area contributed by atoms with E-state index in [2.05, 4.69) is 0 Å². The molecule has 0 aliphatic carbocycles. The van der Waals surface area contributed by atoms with E-state index < -0.39 is 44.9 Å². The first-order chi connectivity index (χ1) is 16.6. The summed E-state index contributed by atoms with van der Waals surface area (Å²) >= 11 is 0.661. The van der Waals surface area contributed by atoms with Crippen LogP contribution < -0.4 is 4.74 Å². The number of esters is 1. The van der Waals surface area contributed by atoms with Gasteiger partial charge in [-0.05, 0) is 54.9 Å². The van der Waals surface area contributed by atoms with Crippen LogP contribution in [0, 0.1) is 20.2 Å². The first-order valence-electron chi connectivity index (χ1n) is 10.2. The number of ether oxygens (including phenoxy) is 2. The highest BCUT2D eigenvalue weighted by atomic mass is 32.2. The van der Waals surface area contributed by atoms with Gasteiger partial charge in [-0.15, -0.1) is 0 Å². The molecule has 1 atom stereocenters. The van der Waals surface area contributed by atoms with Gasteiger partial charge in [0.15, 0.2) is 0 Å². The number of carbonyl (C=O) groups is 3. The number of imide groups is 1. The third-order valence-electron chi connectivity index (χ3n) is 4.80. The standard InChI is InChI=1S/C22H19N3O9S/c1-3-13(2)33-20(26)12-23-21(27)19(35-22(23)28)10-14-5-4-6-16(9-14)34-18-8-7-15(24(29)30)11-17(18)25(31)32/h4-11,13H,3,12H2,1-2H3/b19-10+/t13-/m1/s1. The van der Waals surface area contributed by atoms with Crippen LogP contribution in [0.1, 0.15) is 25.8 Å². The molecule has 2 aromatic rings. The fourth-order valence-corrected chi connectivity index (χ4v) is 3.74. The van der Waals surface area contributed by atoms with Crippen LogP contribution in [0.15, 0.2) is 47.4 Å². The van der Waals surface area contributed by atoms with E-state index in [4.69, 9.17) is 9.47 Å². The number of rotatable bonds is 9. The van der Waals surface area contributed by atoms with E-state index in [-0.39, 0.29) is 22.5 Å². The molecule has 2 aromatic carbocycles. The zero-order chi connectivity index (χ0) is 25.7. The minimum atomic E-state index is -0.797. The van der Waals surface area contributed by atoms with Crippen LogP contribution >= 0.6 is 11.8 Å². The van der Waals surface area contributed by atoms with Gasteiger partial charge in [-0.25, -0.2) is 0 Å². The van der Waals surface area contributed by atoms with Gasteiger partial charge in [0, 0.05) is 6.07 Å². The van der Waals surface area contributed by atoms with Crippen molar-refractivity contribution in [1.29, 1.82) is 0 Å². The molecule has 0 unspecified atom stereocenters. The monoisotopic (exact) mass is 501 g/mol. The van der Waals surface area contributed by atoms with E-state index in [0.717, 1.165) is 23.1 Å². The molecule has 0 bridgehead atoms. The number of hydrogen-bond acceptors (Lipinski definition) is 10. The van der Waals surface area contributed by atoms with Gasteiger partial charge in [-0.2, -0.15) is 0 Å². The summed E-state index contributed by atoms with van der Waals surface area (Å²) in [5.41, 5.74) is -0.601. The lowest BCUT2D eigenvalue weighted by atomic mass is 10.2. The number of nitro benzene ring substituents is 2. The molecule has 182 valence electrons. The number of benzene rings is 2. The fraction of sp³-hybridized carbons (Fsp3) is 0.227. The van der Waals surface area contributed by atoms with Crippen molar-refractivity contribution in [2.24, 2.45) is 0 Å². The summed E-state index contributed by atoms with van der Waals surface area (Å²) in [6.45, 7) is 3.03. The molecule has 1 saturated heterocycles. The Bertz CT molecular complexity index is 1240. The van der Waals surface area contributed by atoms with Gasteiger partial charge >= 0.3 is 11.7 Å². The lowest BCUT2D eigenvalue weighted by molar-refractivity contribution is -0.394. The minimum absolute atomic E-state index is 0.0739. The summed E-state index contributed by atoms with van der Waals surface area (Å²) in [5, 5.41) is 21.6. The normalized spacial score (nSPS) is 15.3. The molecule has 1 aliphatic rings. The quantitative estimate of drug-likeness (QED) is 0.204. The van der Waals surface area contributed by atoms with Crippen LogP contribution in [0.5, 0.6) is 11.5 Å². The number of non-ortho nitro benzene ring substituents is 1. The SMILES string of the molecule is CC[C@@H](C)OC(=O)CN1C(=O)S/C(=C/c2cccc(Oc3ccc([N+](=O)[O-])cc3[N+](=O)[O-])c2)C1=O. The summed E-state index contributed by atoms with van der Waals surface area (Å²) in [6.07, 6.45) is 1.67. The topological polar surface area (TPSA) is 159 Å². The molecule has 3 rings (SSSR count). The lowest BCUT2D eigenvalue weighted by Gasteiger charge is -2.14. The van der Waals surface area contributed by atoms with Crippen LogP contribution in [0.4, 0.5) is 16.2 Å². The molecule has 1 heterocycles. The maximum absolute atomic E-state index is 12.6. The summed E-state index contributed by atoms with van der Waals surface area (Å²) in [5.74, 6) is -1.40. The fourth-order valence-electron chi connectivity index (χ4n) is 2.90. The second-order valence-electron chi connectivity index (χ2n) is 7.32. The molecule has 0 radical (unpaired) electrons. The van der Waals surface area contributed by atoms with Crippen LogP contribution in [0.25, 0.3) is 6.08 Å². The minimum Gasteiger partial charge on any atom is -0.461 e. The second-order valence-corrected chi connectivity index (χ2v) is 8.31. The van der Waals surface area contributed by atoms with Gasteiger partial charge in [0.2, 0.25) is 5.75 Å². The third-order valence-corrected chi connectivity index (χ3v) is 5.71. The number of nitro groups is 2. The van der Waals surface area contributed by atoms with Crippen LogP contribution in [0.2, 0.25) is 0 Å². The van der Waals surface area contributed by atoms with Crippen molar-refractivity contribution >= 4 is 46.3 Å². The van der Waals surface area contributed by atoms with Gasteiger partial charge in [-0.1, -0.05) is 19.1 Å². The van der Waals surface area contributed by atoms with Crippen molar-refractivity contribution in [1.82, 2.24) is 4.90 Å². The Labute approximate surface area is 202 Å². The van der Waals surface area contributed by atoms with Crippen molar-refractivity contribution in [3.05, 3.63) is 73.2 Å². The molecule has 13 heteroatoms. The van der Waals surface area contributed by atoms with E-state index in [9.17, 15) is 34.6 Å². The van der Waals surface area contributed by atoms with Crippen molar-refractivity contribution in [2.75, 3.05) is 6.54 Å². The predicted molar refractivity (Wildman–Crippen MR) is 125 cm³/mol. The third kappa shape index (κ3) is 6.20. The number of thioether (sulfide) groups is 1. The Morgan fingerprint density at radius 2 is 1.89 bits per heavy atom. The number of carbonyl (C=O) groups excluding carboxylic acids is 3. The zero-order valence-corrected chi connectivity index (χ0v) is 19.4. The average Bonchev–Trinajstić information content (AvgIpc) is 3.06. The molecule has 1 fully saturated rings. The van der Waals surface area contributed by atoms with E-state index in [0.29, 0.717) is 23.7 Å². The molecule has 1 aliphatic heterocycles. The Hall–Kier alpha value is -4.26. The molecule has 35 heavy (non-hydrogen) atoms. The Kier molecular flexibility index (Phi) is 7.81. The molecule has 0 N–H and O–H groups in total. The van der Waals surface area contributed by atoms with E-state index in [1.165, 1.54) is 18.2 Å². The van der Waals surface area contributed by atoms with Gasteiger partial charge in [0.05, 0.1) is 26.9 Å². The molecule has 2 amide bonds. The van der Waals surface area contributed by atoms with Gasteiger partial charge < -0.3 is 9.47 Å². The molecule has 0 spiro atoms. The second kappa shape index (κ2) is 10.8. The van der Waals surface area contributed by atoms with Gasteiger partial charge in [0.25, 0.3) is 16.8 Å². The summed E-state index contributed by atoms with van der Waals surface area (Å²) < 4.78 is 10.7. The van der Waals surface area contributed by atoms with Crippen molar-refractivity contribution in [3.63, 3.8) is 0 Å². The van der Waals surface area contributed by atoms with Crippen LogP contribution in [-0.2, 0) is 14.3 Å². The Morgan fingerprint density at radius 3 is 2.54 bits per heavy atom. The lowest BCUT2D eigenvalue weighted by Crippen LogP contribution is -2.35. The maximum Gasteiger partial charge on any atom is 0.326 e. The van der Waals surface area contributed by atoms with Crippen molar-refractivity contribution in [2.45, 2.75) is 26.4 Å². The first kappa shape index (κ1) is 25.4. The van der Waals surface area contributed by atoms with Crippen LogP contribution in [-0.4, -0.2) is 44.5 Å². The van der Waals surface area contributed by atoms with E-state index in [1.54, 1.807) is 19.1 Å². The summed E-state index contributed by atoms with van der Waals surface area (Å²) in [7, 11) is 0. The van der Waals surface area contributed by atoms with Crippen LogP contribution in [0.3, 0.4) is 0 Å². The molecular formula is C22H19N3O9S. The number of amides is 2. The highest BCUT2D eigenvalue weighted by Crippen LogP contribution is 2.36. The Balaban J connectivity index is 1.79. The highest BCUT2D eigenvalue weighted by Gasteiger charge is 2.37. The highest BCUT2D eigenvalue weighted by molar-refractivity contribution is 8.18.